The lowest BCUT2D eigenvalue weighted by atomic mass is 10.1. The van der Waals surface area contributed by atoms with Gasteiger partial charge in [0, 0.05) is 4.53 Å². The predicted octanol–water partition coefficient (Wildman–Crippen LogP) is 3.76. The van der Waals surface area contributed by atoms with Gasteiger partial charge in [-0.15, -0.1) is 0 Å². The molecule has 0 fully saturated rings. The van der Waals surface area contributed by atoms with E-state index in [0.717, 1.165) is 19.1 Å². The third-order valence-electron chi connectivity index (χ3n) is 1.62. The van der Waals surface area contributed by atoms with E-state index in [2.05, 4.69) is 11.9 Å². The van der Waals surface area contributed by atoms with Crippen LogP contribution < -0.4 is 0 Å². The lowest BCUT2D eigenvalue weighted by Gasteiger charge is -1.94. The summed E-state index contributed by atoms with van der Waals surface area (Å²) in [6.45, 7) is 2.19. The molecule has 0 aliphatic heterocycles. The molecule has 1 nitrogen and oxygen atoms in total. The molecule has 0 aromatic rings. The van der Waals surface area contributed by atoms with Gasteiger partial charge in [0.1, 0.15) is 6.26 Å². The van der Waals surface area contributed by atoms with Crippen molar-refractivity contribution < 1.29 is 9.47 Å². The number of hydrogen-bond donors (Lipinski definition) is 0. The molecule has 0 bridgehead atoms. The maximum atomic E-state index is 11.0. The van der Waals surface area contributed by atoms with E-state index in [1.807, 2.05) is 0 Å². The van der Waals surface area contributed by atoms with Gasteiger partial charge < -0.3 is 4.94 Å². The Morgan fingerprint density at radius 1 is 1.18 bits per heavy atom. The molecule has 0 aliphatic rings. The van der Waals surface area contributed by atoms with E-state index in [1.54, 1.807) is 6.08 Å². The molecule has 66 valence electrons. The van der Waals surface area contributed by atoms with Gasteiger partial charge in [-0.25, -0.2) is 0 Å². The Labute approximate surface area is 68.1 Å². The standard InChI is InChI=1S/C9H17FO/c1-2-3-4-5-6-7-8-9-11-10/h8-9H,2-7H2,1H3. The summed E-state index contributed by atoms with van der Waals surface area (Å²) < 4.78 is 11.0. The number of halogens is 1. The maximum absolute atomic E-state index is 11.0. The summed E-state index contributed by atoms with van der Waals surface area (Å²) in [5, 5.41) is 0. The highest BCUT2D eigenvalue weighted by Crippen LogP contribution is 2.05. The van der Waals surface area contributed by atoms with Crippen LogP contribution in [0.3, 0.4) is 0 Å². The first kappa shape index (κ1) is 10.5. The molecule has 2 heteroatoms. The van der Waals surface area contributed by atoms with Crippen molar-refractivity contribution >= 4 is 0 Å². The zero-order chi connectivity index (χ0) is 8.36. The summed E-state index contributed by atoms with van der Waals surface area (Å²) >= 11 is 0. The smallest absolute Gasteiger partial charge is 0.132 e. The van der Waals surface area contributed by atoms with Crippen molar-refractivity contribution in [3.8, 4) is 0 Å². The molecule has 0 aromatic carbocycles. The van der Waals surface area contributed by atoms with Gasteiger partial charge in [0.05, 0.1) is 0 Å². The van der Waals surface area contributed by atoms with Crippen LogP contribution in [0.1, 0.15) is 45.4 Å². The molecule has 0 unspecified atom stereocenters. The first-order valence-electron chi connectivity index (χ1n) is 4.34. The molecular weight excluding hydrogens is 143 g/mol. The van der Waals surface area contributed by atoms with Crippen molar-refractivity contribution in [3.05, 3.63) is 12.3 Å². The minimum atomic E-state index is 0.924. The van der Waals surface area contributed by atoms with Crippen LogP contribution in [-0.4, -0.2) is 0 Å². The summed E-state index contributed by atoms with van der Waals surface area (Å²) in [7, 11) is 0. The molecule has 0 aliphatic carbocycles. The highest BCUT2D eigenvalue weighted by atomic mass is 19.3. The highest BCUT2D eigenvalue weighted by Gasteiger charge is 1.85. The molecule has 0 aromatic heterocycles. The lowest BCUT2D eigenvalue weighted by molar-refractivity contribution is -0.0621. The van der Waals surface area contributed by atoms with Gasteiger partial charge in [-0.05, 0) is 18.9 Å². The van der Waals surface area contributed by atoms with E-state index in [9.17, 15) is 4.53 Å². The lowest BCUT2D eigenvalue weighted by Crippen LogP contribution is -1.75. The first-order chi connectivity index (χ1) is 5.41. The summed E-state index contributed by atoms with van der Waals surface area (Å²) in [6, 6.07) is 0. The van der Waals surface area contributed by atoms with E-state index >= 15 is 0 Å². The second kappa shape index (κ2) is 9.47. The maximum Gasteiger partial charge on any atom is 0.132 e. The van der Waals surface area contributed by atoms with Gasteiger partial charge in [0.25, 0.3) is 0 Å². The van der Waals surface area contributed by atoms with E-state index in [-0.39, 0.29) is 0 Å². The van der Waals surface area contributed by atoms with Gasteiger partial charge in [-0.1, -0.05) is 32.6 Å². The van der Waals surface area contributed by atoms with Crippen LogP contribution >= 0.6 is 0 Å². The Hall–Kier alpha value is -0.530. The van der Waals surface area contributed by atoms with Crippen LogP contribution in [0.5, 0.6) is 0 Å². The van der Waals surface area contributed by atoms with Crippen molar-refractivity contribution in [1.29, 1.82) is 0 Å². The molecule has 0 N–H and O–H groups in total. The number of unbranched alkanes of at least 4 members (excludes halogenated alkanes) is 5. The first-order valence-corrected chi connectivity index (χ1v) is 4.34. The Balaban J connectivity index is 2.85. The average Bonchev–Trinajstić information content (AvgIpc) is 2.03. The fourth-order valence-electron chi connectivity index (χ4n) is 0.970. The van der Waals surface area contributed by atoms with Gasteiger partial charge >= 0.3 is 0 Å². The van der Waals surface area contributed by atoms with Crippen molar-refractivity contribution in [2.75, 3.05) is 0 Å². The van der Waals surface area contributed by atoms with Crippen LogP contribution in [0, 0.1) is 0 Å². The Bertz CT molecular complexity index is 91.6. The summed E-state index contributed by atoms with van der Waals surface area (Å²) in [4.78, 5) is 3.29. The minimum Gasteiger partial charge on any atom is -0.303 e. The summed E-state index contributed by atoms with van der Waals surface area (Å²) in [5.74, 6) is 0. The largest absolute Gasteiger partial charge is 0.303 e. The van der Waals surface area contributed by atoms with Crippen LogP contribution in [0.4, 0.5) is 4.53 Å². The molecule has 0 atom stereocenters. The van der Waals surface area contributed by atoms with Gasteiger partial charge in [-0.2, -0.15) is 0 Å². The van der Waals surface area contributed by atoms with Crippen LogP contribution in [0.15, 0.2) is 12.3 Å². The molecule has 0 amide bonds. The molecule has 0 saturated carbocycles. The molecule has 0 saturated heterocycles. The molecule has 0 radical (unpaired) electrons. The van der Waals surface area contributed by atoms with E-state index in [0.29, 0.717) is 0 Å². The fourth-order valence-corrected chi connectivity index (χ4v) is 0.970. The van der Waals surface area contributed by atoms with Crippen molar-refractivity contribution in [3.63, 3.8) is 0 Å². The molecule has 0 rings (SSSR count). The topological polar surface area (TPSA) is 9.23 Å². The van der Waals surface area contributed by atoms with E-state index in [4.69, 9.17) is 0 Å². The molecule has 0 spiro atoms. The normalized spacial score (nSPS) is 10.7. The van der Waals surface area contributed by atoms with Crippen molar-refractivity contribution in [2.24, 2.45) is 0 Å². The second-order valence-electron chi connectivity index (χ2n) is 2.66. The number of hydrogen-bond acceptors (Lipinski definition) is 1. The third-order valence-corrected chi connectivity index (χ3v) is 1.62. The SMILES string of the molecule is CCCCCCCC=COF. The third kappa shape index (κ3) is 9.47. The number of rotatable bonds is 7. The van der Waals surface area contributed by atoms with Crippen molar-refractivity contribution in [2.45, 2.75) is 45.4 Å². The van der Waals surface area contributed by atoms with Crippen LogP contribution in [0.25, 0.3) is 0 Å². The monoisotopic (exact) mass is 160 g/mol. The molecule has 0 heterocycles. The Kier molecular flexibility index (Phi) is 9.01. The zero-order valence-corrected chi connectivity index (χ0v) is 7.18. The minimum absolute atomic E-state index is 0.924. The fraction of sp³-hybridized carbons (Fsp3) is 0.778. The van der Waals surface area contributed by atoms with Crippen LogP contribution in [-0.2, 0) is 4.94 Å². The highest BCUT2D eigenvalue weighted by molar-refractivity contribution is 4.71. The van der Waals surface area contributed by atoms with Gasteiger partial charge in [0.2, 0.25) is 0 Å². The van der Waals surface area contributed by atoms with Crippen molar-refractivity contribution in [1.82, 2.24) is 0 Å². The summed E-state index contributed by atoms with van der Waals surface area (Å²) in [6.07, 6.45) is 9.98. The Morgan fingerprint density at radius 3 is 2.55 bits per heavy atom. The van der Waals surface area contributed by atoms with E-state index < -0.39 is 0 Å². The summed E-state index contributed by atoms with van der Waals surface area (Å²) in [5.41, 5.74) is 0. The molecular formula is C9H17FO. The average molecular weight is 160 g/mol. The quantitative estimate of drug-likeness (QED) is 0.407. The van der Waals surface area contributed by atoms with Crippen LogP contribution in [0.2, 0.25) is 0 Å². The zero-order valence-electron chi connectivity index (χ0n) is 7.18. The van der Waals surface area contributed by atoms with Gasteiger partial charge in [-0.3, -0.25) is 0 Å². The predicted molar refractivity (Wildman–Crippen MR) is 44.7 cm³/mol. The Morgan fingerprint density at radius 2 is 1.91 bits per heavy atom. The van der Waals surface area contributed by atoms with E-state index in [1.165, 1.54) is 25.7 Å². The number of allylic oxidation sites excluding steroid dienone is 1. The second-order valence-corrected chi connectivity index (χ2v) is 2.66. The molecule has 11 heavy (non-hydrogen) atoms. The van der Waals surface area contributed by atoms with Gasteiger partial charge in [0.15, 0.2) is 0 Å².